The molecule has 1 saturated carbocycles. The molecular formula is C12H15BrN2O4S. The Morgan fingerprint density at radius 2 is 2.10 bits per heavy atom. The molecule has 0 bridgehead atoms. The van der Waals surface area contributed by atoms with Crippen molar-refractivity contribution >= 4 is 31.9 Å². The Hall–Kier alpha value is -1.12. The van der Waals surface area contributed by atoms with Crippen LogP contribution in [0.2, 0.25) is 0 Å². The number of primary sulfonamides is 1. The lowest BCUT2D eigenvalue weighted by Crippen LogP contribution is -2.27. The smallest absolute Gasteiger partial charge is 0.251 e. The number of nitrogens with one attached hydrogen (secondary N) is 1. The summed E-state index contributed by atoms with van der Waals surface area (Å²) >= 11 is 3.19. The third-order valence-corrected chi connectivity index (χ3v) is 4.71. The number of nitrogens with two attached hydrogens (primary N) is 1. The highest BCUT2D eigenvalue weighted by atomic mass is 79.9. The van der Waals surface area contributed by atoms with Gasteiger partial charge in [-0.1, -0.05) is 6.92 Å². The van der Waals surface area contributed by atoms with Crippen molar-refractivity contribution in [2.75, 3.05) is 7.11 Å². The van der Waals surface area contributed by atoms with Crippen LogP contribution in [0, 0.1) is 5.92 Å². The summed E-state index contributed by atoms with van der Waals surface area (Å²) in [6, 6.07) is 2.89. The van der Waals surface area contributed by atoms with Gasteiger partial charge in [0.15, 0.2) is 5.75 Å². The summed E-state index contributed by atoms with van der Waals surface area (Å²) in [4.78, 5) is 11.8. The zero-order valence-corrected chi connectivity index (χ0v) is 13.4. The lowest BCUT2D eigenvalue weighted by atomic mass is 10.2. The van der Waals surface area contributed by atoms with Crippen LogP contribution in [0.1, 0.15) is 23.7 Å². The Labute approximate surface area is 125 Å². The van der Waals surface area contributed by atoms with Gasteiger partial charge in [0, 0.05) is 11.6 Å². The van der Waals surface area contributed by atoms with Gasteiger partial charge in [0.2, 0.25) is 10.0 Å². The van der Waals surface area contributed by atoms with Gasteiger partial charge < -0.3 is 10.1 Å². The summed E-state index contributed by atoms with van der Waals surface area (Å²) in [6.45, 7) is 2.03. The standard InChI is InChI=1S/C12H15BrN2O4S/c1-6-3-9(6)15-12(16)7-4-8(13)11(19-2)10(5-7)20(14,17)18/h4-6,9H,3H2,1-2H3,(H,15,16)(H2,14,17,18). The number of hydrogen-bond donors (Lipinski definition) is 2. The molecular weight excluding hydrogens is 348 g/mol. The summed E-state index contributed by atoms with van der Waals surface area (Å²) in [6.07, 6.45) is 0.936. The number of amides is 1. The van der Waals surface area contributed by atoms with E-state index in [0.717, 1.165) is 6.42 Å². The van der Waals surface area contributed by atoms with Crippen molar-refractivity contribution in [3.63, 3.8) is 0 Å². The van der Waals surface area contributed by atoms with Crippen molar-refractivity contribution in [3.05, 3.63) is 22.2 Å². The van der Waals surface area contributed by atoms with Crippen molar-refractivity contribution in [2.45, 2.75) is 24.3 Å². The maximum Gasteiger partial charge on any atom is 0.251 e. The minimum absolute atomic E-state index is 0.0869. The molecule has 0 saturated heterocycles. The van der Waals surface area contributed by atoms with Gasteiger partial charge in [0.1, 0.15) is 4.90 Å². The molecule has 6 nitrogen and oxygen atoms in total. The molecule has 2 rings (SSSR count). The van der Waals surface area contributed by atoms with Crippen LogP contribution in [0.15, 0.2) is 21.5 Å². The Kier molecular flexibility index (Phi) is 4.08. The number of carbonyl (C=O) groups excluding carboxylic acids is 1. The second-order valence-electron chi connectivity index (χ2n) is 4.83. The van der Waals surface area contributed by atoms with Crippen LogP contribution in [0.5, 0.6) is 5.75 Å². The number of carbonyl (C=O) groups is 1. The van der Waals surface area contributed by atoms with E-state index in [9.17, 15) is 13.2 Å². The molecule has 1 fully saturated rings. The Morgan fingerprint density at radius 3 is 2.55 bits per heavy atom. The SMILES string of the molecule is COc1c(Br)cc(C(=O)NC2CC2C)cc1S(N)(=O)=O. The fourth-order valence-electron chi connectivity index (χ4n) is 1.88. The molecule has 0 aliphatic heterocycles. The number of hydrogen-bond acceptors (Lipinski definition) is 4. The number of halogens is 1. The lowest BCUT2D eigenvalue weighted by molar-refractivity contribution is 0.0949. The molecule has 20 heavy (non-hydrogen) atoms. The highest BCUT2D eigenvalue weighted by Crippen LogP contribution is 2.34. The second kappa shape index (κ2) is 5.34. The van der Waals surface area contributed by atoms with E-state index in [2.05, 4.69) is 21.2 Å². The largest absolute Gasteiger partial charge is 0.494 e. The predicted molar refractivity (Wildman–Crippen MR) is 77.1 cm³/mol. The van der Waals surface area contributed by atoms with Gasteiger partial charge in [-0.3, -0.25) is 4.79 Å². The van der Waals surface area contributed by atoms with Crippen LogP contribution in [-0.2, 0) is 10.0 Å². The summed E-state index contributed by atoms with van der Waals surface area (Å²) in [7, 11) is -2.65. The van der Waals surface area contributed by atoms with Gasteiger partial charge in [-0.2, -0.15) is 0 Å². The molecule has 1 aliphatic carbocycles. The number of sulfonamides is 1. The van der Waals surface area contributed by atoms with E-state index in [1.54, 1.807) is 0 Å². The molecule has 0 heterocycles. The van der Waals surface area contributed by atoms with E-state index in [1.807, 2.05) is 6.92 Å². The van der Waals surface area contributed by atoms with Gasteiger partial charge in [0.25, 0.3) is 5.91 Å². The highest BCUT2D eigenvalue weighted by Gasteiger charge is 2.34. The number of benzene rings is 1. The van der Waals surface area contributed by atoms with Crippen LogP contribution in [0.4, 0.5) is 0 Å². The summed E-state index contributed by atoms with van der Waals surface area (Å²) < 4.78 is 28.5. The number of methoxy groups -OCH3 is 1. The minimum Gasteiger partial charge on any atom is -0.494 e. The van der Waals surface area contributed by atoms with E-state index >= 15 is 0 Å². The molecule has 1 aromatic rings. The second-order valence-corrected chi connectivity index (χ2v) is 7.21. The maximum absolute atomic E-state index is 12.1. The van der Waals surface area contributed by atoms with Gasteiger partial charge in [0.05, 0.1) is 11.6 Å². The Balaban J connectivity index is 2.40. The van der Waals surface area contributed by atoms with Gasteiger partial charge in [-0.15, -0.1) is 0 Å². The van der Waals surface area contributed by atoms with Crippen molar-refractivity contribution in [2.24, 2.45) is 11.1 Å². The molecule has 8 heteroatoms. The van der Waals surface area contributed by atoms with Gasteiger partial charge in [-0.25, -0.2) is 13.6 Å². The number of rotatable bonds is 4. The third kappa shape index (κ3) is 3.13. The molecule has 2 unspecified atom stereocenters. The Bertz CT molecular complexity index is 660. The molecule has 1 amide bonds. The van der Waals surface area contributed by atoms with E-state index < -0.39 is 10.0 Å². The monoisotopic (exact) mass is 362 g/mol. The zero-order valence-electron chi connectivity index (χ0n) is 11.0. The first-order valence-corrected chi connectivity index (χ1v) is 8.29. The molecule has 0 aromatic heterocycles. The molecule has 0 radical (unpaired) electrons. The number of ether oxygens (including phenoxy) is 1. The van der Waals surface area contributed by atoms with Crippen molar-refractivity contribution in [1.82, 2.24) is 5.32 Å². The zero-order chi connectivity index (χ0) is 15.1. The summed E-state index contributed by atoms with van der Waals surface area (Å²) in [5.41, 5.74) is 0.223. The van der Waals surface area contributed by atoms with Crippen molar-refractivity contribution in [1.29, 1.82) is 0 Å². The predicted octanol–water partition coefficient (Wildman–Crippen LogP) is 1.24. The normalized spacial score (nSPS) is 21.4. The quantitative estimate of drug-likeness (QED) is 0.841. The van der Waals surface area contributed by atoms with Crippen LogP contribution < -0.4 is 15.2 Å². The third-order valence-electron chi connectivity index (χ3n) is 3.21. The molecule has 2 atom stereocenters. The van der Waals surface area contributed by atoms with Crippen LogP contribution in [0.25, 0.3) is 0 Å². The molecule has 1 aliphatic rings. The minimum atomic E-state index is -3.98. The van der Waals surface area contributed by atoms with E-state index in [-0.39, 0.29) is 28.2 Å². The maximum atomic E-state index is 12.1. The average Bonchev–Trinajstić information content (AvgIpc) is 3.02. The average molecular weight is 363 g/mol. The fourth-order valence-corrected chi connectivity index (χ4v) is 3.38. The van der Waals surface area contributed by atoms with E-state index in [1.165, 1.54) is 19.2 Å². The van der Waals surface area contributed by atoms with E-state index in [0.29, 0.717) is 10.4 Å². The van der Waals surface area contributed by atoms with Crippen molar-refractivity contribution < 1.29 is 17.9 Å². The fraction of sp³-hybridized carbons (Fsp3) is 0.417. The first kappa shape index (κ1) is 15.3. The lowest BCUT2D eigenvalue weighted by Gasteiger charge is -2.11. The molecule has 3 N–H and O–H groups in total. The molecule has 1 aromatic carbocycles. The summed E-state index contributed by atoms with van der Waals surface area (Å²) in [5, 5.41) is 7.97. The van der Waals surface area contributed by atoms with Crippen molar-refractivity contribution in [3.8, 4) is 5.75 Å². The molecule has 0 spiro atoms. The van der Waals surface area contributed by atoms with Gasteiger partial charge >= 0.3 is 0 Å². The first-order valence-electron chi connectivity index (χ1n) is 5.95. The van der Waals surface area contributed by atoms with E-state index in [4.69, 9.17) is 9.88 Å². The topological polar surface area (TPSA) is 98.5 Å². The van der Waals surface area contributed by atoms with Crippen LogP contribution >= 0.6 is 15.9 Å². The summed E-state index contributed by atoms with van der Waals surface area (Å²) in [5.74, 6) is 0.217. The first-order chi connectivity index (χ1) is 9.24. The molecule has 110 valence electrons. The highest BCUT2D eigenvalue weighted by molar-refractivity contribution is 9.10. The van der Waals surface area contributed by atoms with Crippen LogP contribution in [0.3, 0.4) is 0 Å². The Morgan fingerprint density at radius 1 is 1.50 bits per heavy atom. The van der Waals surface area contributed by atoms with Crippen LogP contribution in [-0.4, -0.2) is 27.5 Å². The van der Waals surface area contributed by atoms with Gasteiger partial charge in [-0.05, 0) is 40.4 Å².